The van der Waals surface area contributed by atoms with E-state index in [9.17, 15) is 5.11 Å². The van der Waals surface area contributed by atoms with Crippen LogP contribution in [0.4, 0.5) is 11.9 Å². The highest BCUT2D eigenvalue weighted by molar-refractivity contribution is 5.90. The van der Waals surface area contributed by atoms with Crippen molar-refractivity contribution < 1.29 is 9.84 Å². The first kappa shape index (κ1) is 19.4. The summed E-state index contributed by atoms with van der Waals surface area (Å²) in [7, 11) is 0. The van der Waals surface area contributed by atoms with Gasteiger partial charge >= 0.3 is 0 Å². The first-order valence-corrected chi connectivity index (χ1v) is 10.3. The van der Waals surface area contributed by atoms with Crippen molar-refractivity contribution in [2.24, 2.45) is 0 Å². The molecule has 1 aromatic carbocycles. The molecule has 1 fully saturated rings. The first-order valence-electron chi connectivity index (χ1n) is 10.3. The molecule has 1 aliphatic heterocycles. The molecule has 0 aliphatic carbocycles. The summed E-state index contributed by atoms with van der Waals surface area (Å²) in [6.45, 7) is 9.99. The summed E-state index contributed by atoms with van der Waals surface area (Å²) in [5, 5.41) is 13.4. The van der Waals surface area contributed by atoms with Crippen LogP contribution in [-0.4, -0.2) is 57.5 Å². The Balaban J connectivity index is 1.98. The fraction of sp³-hybridized carbons (Fsp3) is 0.476. The van der Waals surface area contributed by atoms with Crippen molar-refractivity contribution in [2.75, 3.05) is 43.1 Å². The zero-order valence-corrected chi connectivity index (χ0v) is 17.2. The van der Waals surface area contributed by atoms with Crippen molar-refractivity contribution in [3.63, 3.8) is 0 Å². The van der Waals surface area contributed by atoms with E-state index in [1.165, 1.54) is 0 Å². The van der Waals surface area contributed by atoms with Gasteiger partial charge in [0.15, 0.2) is 5.65 Å². The van der Waals surface area contributed by atoms with Gasteiger partial charge in [0.05, 0.1) is 13.2 Å². The number of benzene rings is 1. The Labute approximate surface area is 170 Å². The zero-order chi connectivity index (χ0) is 20.4. The van der Waals surface area contributed by atoms with E-state index in [0.717, 1.165) is 54.4 Å². The summed E-state index contributed by atoms with van der Waals surface area (Å²) in [6.07, 6.45) is 0.961. The molecule has 2 aromatic heterocycles. The number of hydrogen-bond acceptors (Lipinski definition) is 7. The summed E-state index contributed by atoms with van der Waals surface area (Å²) in [6, 6.07) is 7.38. The molecular weight excluding hydrogens is 368 g/mol. The fourth-order valence-electron chi connectivity index (χ4n) is 3.60. The number of hydrogen-bond donors (Lipinski definition) is 2. The van der Waals surface area contributed by atoms with Gasteiger partial charge in [-0.3, -0.25) is 4.57 Å². The summed E-state index contributed by atoms with van der Waals surface area (Å²) >= 11 is 0. The van der Waals surface area contributed by atoms with E-state index in [1.807, 2.05) is 12.1 Å². The predicted molar refractivity (Wildman–Crippen MR) is 115 cm³/mol. The molecule has 1 saturated heterocycles. The number of aromatic nitrogens is 4. The van der Waals surface area contributed by atoms with Crippen molar-refractivity contribution in [3.05, 3.63) is 24.3 Å². The number of fused-ring (bicyclic) bond motifs is 1. The minimum absolute atomic E-state index is 0.204. The first-order chi connectivity index (χ1) is 14.1. The molecule has 4 rings (SSSR count). The standard InChI is InChI=1S/C21H28N6O2/c1-4-14(3)27-19-18(24-20(27)22-5-2)17(15-7-6-8-16(28)13-15)23-21(25-19)26-9-11-29-12-10-26/h6-8,13-14,28H,4-5,9-12H2,1-3H3,(H,22,24). The molecule has 3 aromatic rings. The Bertz CT molecular complexity index is 996. The summed E-state index contributed by atoms with van der Waals surface area (Å²) in [4.78, 5) is 16.8. The Kier molecular flexibility index (Phi) is 5.53. The second kappa shape index (κ2) is 8.24. The second-order valence-electron chi connectivity index (χ2n) is 7.29. The van der Waals surface area contributed by atoms with Gasteiger partial charge in [0.2, 0.25) is 11.9 Å². The molecule has 8 nitrogen and oxygen atoms in total. The molecule has 154 valence electrons. The van der Waals surface area contributed by atoms with Crippen LogP contribution in [0.15, 0.2) is 24.3 Å². The van der Waals surface area contributed by atoms with Crippen LogP contribution < -0.4 is 10.2 Å². The Morgan fingerprint density at radius 2 is 1.97 bits per heavy atom. The highest BCUT2D eigenvalue weighted by Gasteiger charge is 2.24. The van der Waals surface area contributed by atoms with Crippen LogP contribution in [0.2, 0.25) is 0 Å². The number of anilines is 2. The van der Waals surface area contributed by atoms with E-state index in [4.69, 9.17) is 19.7 Å². The van der Waals surface area contributed by atoms with E-state index in [2.05, 4.69) is 35.6 Å². The predicted octanol–water partition coefficient (Wildman–Crippen LogP) is 3.44. The summed E-state index contributed by atoms with van der Waals surface area (Å²) in [5.74, 6) is 1.67. The number of phenols is 1. The van der Waals surface area contributed by atoms with Gasteiger partial charge in [0.1, 0.15) is 17.0 Å². The number of nitrogens with zero attached hydrogens (tertiary/aromatic N) is 5. The SMILES string of the molecule is CCNc1nc2c(-c3cccc(O)c3)nc(N3CCOCC3)nc2n1C(C)CC. The fourth-order valence-corrected chi connectivity index (χ4v) is 3.60. The molecule has 3 heterocycles. The number of phenolic OH excluding ortho intramolecular Hbond substituents is 1. The molecule has 1 atom stereocenters. The van der Waals surface area contributed by atoms with Crippen molar-refractivity contribution >= 4 is 23.1 Å². The average molecular weight is 396 g/mol. The number of nitrogens with one attached hydrogen (secondary N) is 1. The Morgan fingerprint density at radius 1 is 1.17 bits per heavy atom. The van der Waals surface area contributed by atoms with E-state index < -0.39 is 0 Å². The van der Waals surface area contributed by atoms with E-state index >= 15 is 0 Å². The molecule has 1 aliphatic rings. The van der Waals surface area contributed by atoms with Crippen molar-refractivity contribution in [1.82, 2.24) is 19.5 Å². The van der Waals surface area contributed by atoms with Gasteiger partial charge in [0.25, 0.3) is 0 Å². The molecule has 0 radical (unpaired) electrons. The number of rotatable bonds is 6. The number of morpholine rings is 1. The summed E-state index contributed by atoms with van der Waals surface area (Å²) < 4.78 is 7.66. The molecule has 8 heteroatoms. The van der Waals surface area contributed by atoms with Crippen LogP contribution in [0.25, 0.3) is 22.4 Å². The second-order valence-corrected chi connectivity index (χ2v) is 7.29. The lowest BCUT2D eigenvalue weighted by molar-refractivity contribution is 0.122. The van der Waals surface area contributed by atoms with E-state index in [1.54, 1.807) is 12.1 Å². The van der Waals surface area contributed by atoms with Gasteiger partial charge in [-0.05, 0) is 32.4 Å². The smallest absolute Gasteiger partial charge is 0.228 e. The van der Waals surface area contributed by atoms with Gasteiger partial charge in [-0.2, -0.15) is 4.98 Å². The maximum absolute atomic E-state index is 10.0. The van der Waals surface area contributed by atoms with Crippen LogP contribution >= 0.6 is 0 Å². The molecule has 29 heavy (non-hydrogen) atoms. The maximum atomic E-state index is 10.0. The maximum Gasteiger partial charge on any atom is 0.228 e. The largest absolute Gasteiger partial charge is 0.508 e. The van der Waals surface area contributed by atoms with Crippen molar-refractivity contribution in [1.29, 1.82) is 0 Å². The minimum atomic E-state index is 0.204. The van der Waals surface area contributed by atoms with Gasteiger partial charge in [-0.15, -0.1) is 0 Å². The quantitative estimate of drug-likeness (QED) is 0.660. The Hall–Kier alpha value is -2.87. The highest BCUT2D eigenvalue weighted by Crippen LogP contribution is 2.33. The van der Waals surface area contributed by atoms with E-state index in [0.29, 0.717) is 19.2 Å². The van der Waals surface area contributed by atoms with Gasteiger partial charge in [-0.1, -0.05) is 19.1 Å². The summed E-state index contributed by atoms with van der Waals surface area (Å²) in [5.41, 5.74) is 3.10. The van der Waals surface area contributed by atoms with Gasteiger partial charge < -0.3 is 20.1 Å². The number of aromatic hydroxyl groups is 1. The highest BCUT2D eigenvalue weighted by atomic mass is 16.5. The third kappa shape index (κ3) is 3.72. The Morgan fingerprint density at radius 3 is 2.66 bits per heavy atom. The van der Waals surface area contributed by atoms with Crippen LogP contribution in [0.1, 0.15) is 33.2 Å². The molecule has 0 bridgehead atoms. The van der Waals surface area contributed by atoms with Crippen molar-refractivity contribution in [2.45, 2.75) is 33.2 Å². The van der Waals surface area contributed by atoms with Crippen LogP contribution in [0.3, 0.4) is 0 Å². The average Bonchev–Trinajstić information content (AvgIpc) is 3.11. The lowest BCUT2D eigenvalue weighted by Gasteiger charge is -2.27. The monoisotopic (exact) mass is 396 g/mol. The van der Waals surface area contributed by atoms with Crippen molar-refractivity contribution in [3.8, 4) is 17.0 Å². The number of imidazole rings is 1. The third-order valence-corrected chi connectivity index (χ3v) is 5.31. The molecule has 0 saturated carbocycles. The topological polar surface area (TPSA) is 88.3 Å². The lowest BCUT2D eigenvalue weighted by atomic mass is 10.1. The minimum Gasteiger partial charge on any atom is -0.508 e. The van der Waals surface area contributed by atoms with Crippen LogP contribution in [-0.2, 0) is 4.74 Å². The molecule has 2 N–H and O–H groups in total. The third-order valence-electron chi connectivity index (χ3n) is 5.31. The molecule has 0 spiro atoms. The van der Waals surface area contributed by atoms with E-state index in [-0.39, 0.29) is 11.8 Å². The lowest BCUT2D eigenvalue weighted by Crippen LogP contribution is -2.37. The normalized spacial score (nSPS) is 15.6. The van der Waals surface area contributed by atoms with Crippen LogP contribution in [0.5, 0.6) is 5.75 Å². The molecular formula is C21H28N6O2. The zero-order valence-electron chi connectivity index (χ0n) is 17.2. The van der Waals surface area contributed by atoms with Gasteiger partial charge in [0, 0.05) is 31.2 Å². The molecule has 0 amide bonds. The van der Waals surface area contributed by atoms with Gasteiger partial charge in [-0.25, -0.2) is 9.97 Å². The molecule has 1 unspecified atom stereocenters. The number of ether oxygens (including phenoxy) is 1. The van der Waals surface area contributed by atoms with Crippen LogP contribution in [0, 0.1) is 0 Å².